The molecule has 1 heterocycles. The summed E-state index contributed by atoms with van der Waals surface area (Å²) in [7, 11) is -3.27. The van der Waals surface area contributed by atoms with Crippen LogP contribution < -0.4 is 14.9 Å². The normalized spacial score (nSPS) is 14.0. The van der Waals surface area contributed by atoms with Crippen molar-refractivity contribution in [2.45, 2.75) is 26.2 Å². The Morgan fingerprint density at radius 1 is 1.43 bits per heavy atom. The van der Waals surface area contributed by atoms with Gasteiger partial charge < -0.3 is 10.6 Å². The molecular formula is C16H23N3O3S. The first-order valence-electron chi connectivity index (χ1n) is 7.77. The van der Waals surface area contributed by atoms with Crippen molar-refractivity contribution in [3.63, 3.8) is 0 Å². The molecule has 0 saturated heterocycles. The van der Waals surface area contributed by atoms with Crippen LogP contribution in [0.5, 0.6) is 0 Å². The Hall–Kier alpha value is -2.02. The Kier molecular flexibility index (Phi) is 5.65. The quantitative estimate of drug-likeness (QED) is 0.783. The lowest BCUT2D eigenvalue weighted by Crippen LogP contribution is -2.37. The predicted octanol–water partition coefficient (Wildman–Crippen LogP) is 2.49. The van der Waals surface area contributed by atoms with Gasteiger partial charge in [-0.2, -0.15) is 0 Å². The maximum atomic E-state index is 12.4. The van der Waals surface area contributed by atoms with Crippen molar-refractivity contribution in [1.82, 2.24) is 5.32 Å². The number of amides is 2. The smallest absolute Gasteiger partial charge is 0.319 e. The fourth-order valence-electron chi connectivity index (χ4n) is 2.64. The molecule has 0 atom stereocenters. The van der Waals surface area contributed by atoms with E-state index in [1.54, 1.807) is 18.2 Å². The van der Waals surface area contributed by atoms with Crippen molar-refractivity contribution in [3.8, 4) is 0 Å². The van der Waals surface area contributed by atoms with E-state index in [4.69, 9.17) is 0 Å². The van der Waals surface area contributed by atoms with Gasteiger partial charge in [-0.15, -0.1) is 6.58 Å². The van der Waals surface area contributed by atoms with Gasteiger partial charge in [0.1, 0.15) is 0 Å². The number of fused-ring (bicyclic) bond motifs is 1. The Morgan fingerprint density at radius 2 is 2.22 bits per heavy atom. The van der Waals surface area contributed by atoms with E-state index in [1.165, 1.54) is 4.31 Å². The summed E-state index contributed by atoms with van der Waals surface area (Å²) in [4.78, 5) is 11.7. The molecule has 0 aromatic heterocycles. The highest BCUT2D eigenvalue weighted by Gasteiger charge is 2.26. The molecule has 1 aliphatic rings. The van der Waals surface area contributed by atoms with E-state index in [2.05, 4.69) is 17.2 Å². The summed E-state index contributed by atoms with van der Waals surface area (Å²) in [6.07, 6.45) is 3.78. The maximum absolute atomic E-state index is 12.4. The molecule has 0 radical (unpaired) electrons. The van der Waals surface area contributed by atoms with Gasteiger partial charge in [0, 0.05) is 18.8 Å². The second-order valence-corrected chi connectivity index (χ2v) is 7.47. The second kappa shape index (κ2) is 7.50. The molecule has 1 aromatic rings. The van der Waals surface area contributed by atoms with Gasteiger partial charge in [0.25, 0.3) is 0 Å². The van der Waals surface area contributed by atoms with E-state index in [1.807, 2.05) is 13.0 Å². The van der Waals surface area contributed by atoms with Crippen LogP contribution in [0.15, 0.2) is 30.9 Å². The number of urea groups is 1. The van der Waals surface area contributed by atoms with E-state index >= 15 is 0 Å². The van der Waals surface area contributed by atoms with E-state index in [0.717, 1.165) is 24.1 Å². The third-order valence-electron chi connectivity index (χ3n) is 3.62. The fraction of sp³-hybridized carbons (Fsp3) is 0.438. The van der Waals surface area contributed by atoms with Crippen LogP contribution in [0.2, 0.25) is 0 Å². The van der Waals surface area contributed by atoms with Crippen molar-refractivity contribution >= 4 is 27.4 Å². The first kappa shape index (κ1) is 17.3. The van der Waals surface area contributed by atoms with Gasteiger partial charge in [-0.3, -0.25) is 4.31 Å². The number of hydrogen-bond acceptors (Lipinski definition) is 3. The third kappa shape index (κ3) is 4.25. The average molecular weight is 337 g/mol. The lowest BCUT2D eigenvalue weighted by molar-refractivity contribution is 0.253. The van der Waals surface area contributed by atoms with Crippen molar-refractivity contribution in [2.24, 2.45) is 0 Å². The van der Waals surface area contributed by atoms with Crippen molar-refractivity contribution in [1.29, 1.82) is 0 Å². The molecule has 0 spiro atoms. The van der Waals surface area contributed by atoms with Crippen LogP contribution in [-0.4, -0.2) is 33.3 Å². The Balaban J connectivity index is 2.20. The molecule has 0 bridgehead atoms. The zero-order valence-electron chi connectivity index (χ0n) is 13.3. The molecule has 2 rings (SSSR count). The summed E-state index contributed by atoms with van der Waals surface area (Å²) in [6, 6.07) is 5.03. The number of sulfonamides is 1. The lowest BCUT2D eigenvalue weighted by atomic mass is 10.0. The molecule has 0 saturated carbocycles. The minimum atomic E-state index is -3.27. The molecule has 6 nitrogen and oxygen atoms in total. The number of carbonyl (C=O) groups excluding carboxylic acids is 1. The molecule has 0 fully saturated rings. The van der Waals surface area contributed by atoms with Gasteiger partial charge in [-0.05, 0) is 43.0 Å². The van der Waals surface area contributed by atoms with Gasteiger partial charge in [0.05, 0.1) is 11.4 Å². The van der Waals surface area contributed by atoms with Crippen LogP contribution in [0.1, 0.15) is 25.3 Å². The van der Waals surface area contributed by atoms with E-state index in [9.17, 15) is 13.2 Å². The number of anilines is 2. The number of nitrogens with zero attached hydrogens (tertiary/aromatic N) is 1. The second-order valence-electron chi connectivity index (χ2n) is 5.46. The summed E-state index contributed by atoms with van der Waals surface area (Å²) in [5, 5.41) is 5.38. The first-order valence-corrected chi connectivity index (χ1v) is 9.38. The topological polar surface area (TPSA) is 78.5 Å². The summed E-state index contributed by atoms with van der Waals surface area (Å²) in [5.41, 5.74) is 2.32. The molecule has 126 valence electrons. The summed E-state index contributed by atoms with van der Waals surface area (Å²) >= 11 is 0. The monoisotopic (exact) mass is 337 g/mol. The molecule has 0 aliphatic carbocycles. The number of carbonyl (C=O) groups is 1. The van der Waals surface area contributed by atoms with Gasteiger partial charge >= 0.3 is 6.03 Å². The van der Waals surface area contributed by atoms with Crippen LogP contribution in [0.3, 0.4) is 0 Å². The SMILES string of the molecule is C=CCNC(=O)Nc1ccc2c(c1)CCCN2S(=O)(=O)CCC. The van der Waals surface area contributed by atoms with Crippen molar-refractivity contribution in [2.75, 3.05) is 28.5 Å². The van der Waals surface area contributed by atoms with Crippen molar-refractivity contribution in [3.05, 3.63) is 36.4 Å². The number of nitrogens with one attached hydrogen (secondary N) is 2. The van der Waals surface area contributed by atoms with Crippen LogP contribution in [-0.2, 0) is 16.4 Å². The molecular weight excluding hydrogens is 314 g/mol. The number of rotatable bonds is 6. The van der Waals surface area contributed by atoms with Gasteiger partial charge in [-0.1, -0.05) is 13.0 Å². The first-order chi connectivity index (χ1) is 11.0. The minimum absolute atomic E-state index is 0.149. The number of hydrogen-bond donors (Lipinski definition) is 2. The fourth-order valence-corrected chi connectivity index (χ4v) is 4.26. The molecule has 7 heteroatoms. The lowest BCUT2D eigenvalue weighted by Gasteiger charge is -2.30. The molecule has 1 aliphatic heterocycles. The Morgan fingerprint density at radius 3 is 2.91 bits per heavy atom. The molecule has 2 amide bonds. The maximum Gasteiger partial charge on any atom is 0.319 e. The molecule has 2 N–H and O–H groups in total. The van der Waals surface area contributed by atoms with Crippen LogP contribution in [0, 0.1) is 0 Å². The van der Waals surface area contributed by atoms with Crippen LogP contribution >= 0.6 is 0 Å². The minimum Gasteiger partial charge on any atom is -0.334 e. The average Bonchev–Trinajstić information content (AvgIpc) is 2.52. The standard InChI is InChI=1S/C16H23N3O3S/c1-3-9-17-16(20)18-14-7-8-15-13(12-14)6-5-10-19(15)23(21,22)11-4-2/h3,7-8,12H,1,4-6,9-11H2,2H3,(H2,17,18,20). The van der Waals surface area contributed by atoms with E-state index in [-0.39, 0.29) is 11.8 Å². The zero-order chi connectivity index (χ0) is 16.9. The van der Waals surface area contributed by atoms with Crippen molar-refractivity contribution < 1.29 is 13.2 Å². The zero-order valence-corrected chi connectivity index (χ0v) is 14.2. The molecule has 23 heavy (non-hydrogen) atoms. The number of aryl methyl sites for hydroxylation is 1. The van der Waals surface area contributed by atoms with E-state index < -0.39 is 10.0 Å². The summed E-state index contributed by atoms with van der Waals surface area (Å²) in [5.74, 6) is 0.149. The highest BCUT2D eigenvalue weighted by atomic mass is 32.2. The summed E-state index contributed by atoms with van der Waals surface area (Å²) in [6.45, 7) is 6.30. The predicted molar refractivity (Wildman–Crippen MR) is 93.4 cm³/mol. The third-order valence-corrected chi connectivity index (χ3v) is 5.59. The van der Waals surface area contributed by atoms with E-state index in [0.29, 0.717) is 25.2 Å². The van der Waals surface area contributed by atoms with Gasteiger partial charge in [0.15, 0.2) is 0 Å². The highest BCUT2D eigenvalue weighted by Crippen LogP contribution is 2.31. The number of benzene rings is 1. The van der Waals surface area contributed by atoms with Gasteiger partial charge in [0.2, 0.25) is 10.0 Å². The Labute approximate surface area is 137 Å². The highest BCUT2D eigenvalue weighted by molar-refractivity contribution is 7.92. The largest absolute Gasteiger partial charge is 0.334 e. The Bertz CT molecular complexity index is 686. The van der Waals surface area contributed by atoms with Crippen LogP contribution in [0.25, 0.3) is 0 Å². The molecule has 1 aromatic carbocycles. The summed E-state index contributed by atoms with van der Waals surface area (Å²) < 4.78 is 26.2. The molecule has 0 unspecified atom stereocenters. The van der Waals surface area contributed by atoms with Crippen LogP contribution in [0.4, 0.5) is 16.2 Å². The van der Waals surface area contributed by atoms with Gasteiger partial charge in [-0.25, -0.2) is 13.2 Å².